The van der Waals surface area contributed by atoms with Crippen molar-refractivity contribution in [1.29, 1.82) is 0 Å². The standard InChI is InChI=1S/C23H21BrN2O3/c1-14-3-4-16(11-15(14)2)23-26-20-12-18(7-10-21(20)29-23)25-22(27)13-28-19-8-5-17(24)6-9-19/h3-12,20-21H,13H2,1-2H3,(H,25,27)/t20-,21-/m0/s1. The van der Waals surface area contributed by atoms with Crippen LogP contribution in [0.15, 0.2) is 75.9 Å². The van der Waals surface area contributed by atoms with Crippen molar-refractivity contribution in [2.45, 2.75) is 26.0 Å². The summed E-state index contributed by atoms with van der Waals surface area (Å²) < 4.78 is 12.5. The van der Waals surface area contributed by atoms with Crippen LogP contribution in [0.1, 0.15) is 16.7 Å². The number of aryl methyl sites for hydroxylation is 2. The second-order valence-corrected chi connectivity index (χ2v) is 7.99. The smallest absolute Gasteiger partial charge is 0.262 e. The molecule has 0 radical (unpaired) electrons. The van der Waals surface area contributed by atoms with Crippen molar-refractivity contribution >= 4 is 27.7 Å². The second kappa shape index (κ2) is 8.25. The zero-order valence-electron chi connectivity index (χ0n) is 16.2. The van der Waals surface area contributed by atoms with Crippen molar-refractivity contribution in [3.05, 3.63) is 87.6 Å². The first kappa shape index (κ1) is 19.5. The van der Waals surface area contributed by atoms with Gasteiger partial charge in [-0.1, -0.05) is 22.0 Å². The normalized spacial score (nSPS) is 19.7. The van der Waals surface area contributed by atoms with E-state index in [2.05, 4.69) is 47.2 Å². The van der Waals surface area contributed by atoms with Crippen LogP contribution >= 0.6 is 15.9 Å². The zero-order chi connectivity index (χ0) is 20.4. The Labute approximate surface area is 178 Å². The number of ether oxygens (including phenoxy) is 2. The molecule has 0 unspecified atom stereocenters. The van der Waals surface area contributed by atoms with E-state index >= 15 is 0 Å². The number of allylic oxidation sites excluding steroid dienone is 1. The average molecular weight is 453 g/mol. The first-order chi connectivity index (χ1) is 14.0. The Balaban J connectivity index is 1.38. The van der Waals surface area contributed by atoms with Gasteiger partial charge in [-0.05, 0) is 79.6 Å². The summed E-state index contributed by atoms with van der Waals surface area (Å²) in [5, 5.41) is 2.86. The second-order valence-electron chi connectivity index (χ2n) is 7.08. The minimum Gasteiger partial charge on any atom is -0.484 e. The molecule has 29 heavy (non-hydrogen) atoms. The van der Waals surface area contributed by atoms with Crippen LogP contribution in [0.25, 0.3) is 0 Å². The van der Waals surface area contributed by atoms with E-state index in [9.17, 15) is 4.79 Å². The van der Waals surface area contributed by atoms with Crippen LogP contribution < -0.4 is 10.1 Å². The Morgan fingerprint density at radius 2 is 1.97 bits per heavy atom. The van der Waals surface area contributed by atoms with Gasteiger partial charge in [0.25, 0.3) is 5.91 Å². The fourth-order valence-electron chi connectivity index (χ4n) is 3.14. The zero-order valence-corrected chi connectivity index (χ0v) is 17.8. The van der Waals surface area contributed by atoms with E-state index in [1.807, 2.05) is 36.4 Å². The average Bonchev–Trinajstić information content (AvgIpc) is 3.13. The summed E-state index contributed by atoms with van der Waals surface area (Å²) in [7, 11) is 0. The quantitative estimate of drug-likeness (QED) is 0.738. The highest BCUT2D eigenvalue weighted by Gasteiger charge is 2.30. The fourth-order valence-corrected chi connectivity index (χ4v) is 3.40. The summed E-state index contributed by atoms with van der Waals surface area (Å²) in [5.41, 5.74) is 4.11. The third kappa shape index (κ3) is 4.59. The summed E-state index contributed by atoms with van der Waals surface area (Å²) in [5.74, 6) is 1.05. The molecule has 1 aliphatic heterocycles. The number of fused-ring (bicyclic) bond motifs is 1. The third-order valence-corrected chi connectivity index (χ3v) is 5.42. The Morgan fingerprint density at radius 3 is 2.72 bits per heavy atom. The Kier molecular flexibility index (Phi) is 5.53. The van der Waals surface area contributed by atoms with Crippen LogP contribution in [-0.4, -0.2) is 30.6 Å². The van der Waals surface area contributed by atoms with Crippen LogP contribution in [0.3, 0.4) is 0 Å². The molecule has 5 nitrogen and oxygen atoms in total. The van der Waals surface area contributed by atoms with Gasteiger partial charge in [0, 0.05) is 15.7 Å². The summed E-state index contributed by atoms with van der Waals surface area (Å²) in [6.07, 6.45) is 5.53. The number of rotatable bonds is 5. The van der Waals surface area contributed by atoms with Crippen LogP contribution in [0.4, 0.5) is 0 Å². The summed E-state index contributed by atoms with van der Waals surface area (Å²) in [6.45, 7) is 4.09. The van der Waals surface area contributed by atoms with Gasteiger partial charge in [-0.25, -0.2) is 4.99 Å². The number of aliphatic imine (C=N–C) groups is 1. The number of benzene rings is 2. The molecule has 1 aliphatic carbocycles. The molecule has 0 spiro atoms. The molecule has 1 heterocycles. The maximum atomic E-state index is 12.2. The molecular weight excluding hydrogens is 432 g/mol. The highest BCUT2D eigenvalue weighted by atomic mass is 79.9. The molecule has 0 fully saturated rings. The van der Waals surface area contributed by atoms with Gasteiger partial charge in [-0.3, -0.25) is 4.79 Å². The Morgan fingerprint density at radius 1 is 1.17 bits per heavy atom. The van der Waals surface area contributed by atoms with E-state index in [1.54, 1.807) is 12.1 Å². The molecule has 0 saturated carbocycles. The van der Waals surface area contributed by atoms with Gasteiger partial charge in [-0.2, -0.15) is 0 Å². The molecule has 2 aromatic carbocycles. The van der Waals surface area contributed by atoms with Gasteiger partial charge in [-0.15, -0.1) is 0 Å². The SMILES string of the molecule is Cc1ccc(C2=N[C@H]3C=C(NC(=O)COc4ccc(Br)cc4)C=C[C@@H]3O2)cc1C. The lowest BCUT2D eigenvalue weighted by Crippen LogP contribution is -2.31. The van der Waals surface area contributed by atoms with Gasteiger partial charge < -0.3 is 14.8 Å². The van der Waals surface area contributed by atoms with Gasteiger partial charge >= 0.3 is 0 Å². The van der Waals surface area contributed by atoms with Crippen molar-refractivity contribution in [3.8, 4) is 5.75 Å². The minimum absolute atomic E-state index is 0.0609. The highest BCUT2D eigenvalue weighted by molar-refractivity contribution is 9.10. The predicted molar refractivity (Wildman–Crippen MR) is 116 cm³/mol. The van der Waals surface area contributed by atoms with Crippen molar-refractivity contribution in [2.24, 2.45) is 4.99 Å². The van der Waals surface area contributed by atoms with E-state index in [0.717, 1.165) is 10.0 Å². The lowest BCUT2D eigenvalue weighted by atomic mass is 10.0. The number of amides is 1. The molecule has 2 aromatic rings. The van der Waals surface area contributed by atoms with Crippen LogP contribution in [0.5, 0.6) is 5.75 Å². The van der Waals surface area contributed by atoms with Crippen LogP contribution in [-0.2, 0) is 9.53 Å². The largest absolute Gasteiger partial charge is 0.484 e. The lowest BCUT2D eigenvalue weighted by Gasteiger charge is -2.17. The lowest BCUT2D eigenvalue weighted by molar-refractivity contribution is -0.122. The third-order valence-electron chi connectivity index (χ3n) is 4.89. The van der Waals surface area contributed by atoms with Crippen LogP contribution in [0.2, 0.25) is 0 Å². The van der Waals surface area contributed by atoms with E-state index in [1.165, 1.54) is 11.1 Å². The van der Waals surface area contributed by atoms with Crippen molar-refractivity contribution in [3.63, 3.8) is 0 Å². The summed E-state index contributed by atoms with van der Waals surface area (Å²) >= 11 is 3.37. The van der Waals surface area contributed by atoms with E-state index in [0.29, 0.717) is 17.3 Å². The molecule has 1 N–H and O–H groups in total. The molecule has 0 aromatic heterocycles. The monoisotopic (exact) mass is 452 g/mol. The molecule has 2 atom stereocenters. The fraction of sp³-hybridized carbons (Fsp3) is 0.217. The van der Waals surface area contributed by atoms with Gasteiger partial charge in [0.05, 0.1) is 0 Å². The Bertz CT molecular complexity index is 1020. The number of hydrogen-bond acceptors (Lipinski definition) is 4. The first-order valence-electron chi connectivity index (χ1n) is 9.38. The molecule has 4 rings (SSSR count). The predicted octanol–water partition coefficient (Wildman–Crippen LogP) is 4.23. The highest BCUT2D eigenvalue weighted by Crippen LogP contribution is 2.25. The molecule has 1 amide bonds. The summed E-state index contributed by atoms with van der Waals surface area (Å²) in [4.78, 5) is 16.9. The molecular formula is C23H21BrN2O3. The van der Waals surface area contributed by atoms with E-state index in [4.69, 9.17) is 14.5 Å². The number of carbonyl (C=O) groups excluding carboxylic acids is 1. The first-order valence-corrected chi connectivity index (χ1v) is 10.2. The number of nitrogens with zero attached hydrogens (tertiary/aromatic N) is 1. The summed E-state index contributed by atoms with van der Waals surface area (Å²) in [6, 6.07) is 13.4. The maximum Gasteiger partial charge on any atom is 0.262 e. The van der Waals surface area contributed by atoms with Crippen molar-refractivity contribution in [1.82, 2.24) is 5.32 Å². The van der Waals surface area contributed by atoms with E-state index < -0.39 is 0 Å². The molecule has 6 heteroatoms. The minimum atomic E-state index is -0.223. The van der Waals surface area contributed by atoms with Crippen molar-refractivity contribution in [2.75, 3.05) is 6.61 Å². The number of halogens is 1. The number of nitrogens with one attached hydrogen (secondary N) is 1. The van der Waals surface area contributed by atoms with Gasteiger partial charge in [0.15, 0.2) is 6.61 Å². The van der Waals surface area contributed by atoms with Crippen molar-refractivity contribution < 1.29 is 14.3 Å². The number of carbonyl (C=O) groups is 1. The maximum absolute atomic E-state index is 12.2. The Hall–Kier alpha value is -2.86. The van der Waals surface area contributed by atoms with Gasteiger partial charge in [0.1, 0.15) is 17.9 Å². The topological polar surface area (TPSA) is 59.9 Å². The molecule has 148 valence electrons. The van der Waals surface area contributed by atoms with E-state index in [-0.39, 0.29) is 24.7 Å². The molecule has 0 saturated heterocycles. The van der Waals surface area contributed by atoms with Gasteiger partial charge in [0.2, 0.25) is 5.90 Å². The molecule has 2 aliphatic rings. The number of hydrogen-bond donors (Lipinski definition) is 1. The van der Waals surface area contributed by atoms with Crippen LogP contribution in [0, 0.1) is 13.8 Å². The molecule has 0 bridgehead atoms.